The van der Waals surface area contributed by atoms with Crippen molar-refractivity contribution in [2.24, 2.45) is 0 Å². The topological polar surface area (TPSA) is 20.2 Å². The normalized spacial score (nSPS) is 20.9. The Balaban J connectivity index is 2.55. The van der Waals surface area contributed by atoms with E-state index in [-0.39, 0.29) is 10.8 Å². The van der Waals surface area contributed by atoms with Crippen LogP contribution in [0.1, 0.15) is 70.3 Å². The van der Waals surface area contributed by atoms with Gasteiger partial charge in [-0.3, -0.25) is 0 Å². The Morgan fingerprint density at radius 3 is 2.21 bits per heavy atom. The monoisotopic (exact) mass is 256 g/mol. The van der Waals surface area contributed by atoms with Gasteiger partial charge in [-0.25, -0.2) is 0 Å². The highest BCUT2D eigenvalue weighted by Gasteiger charge is 2.37. The lowest BCUT2D eigenvalue weighted by molar-refractivity contribution is 0.237. The molecule has 1 unspecified atom stereocenters. The molecule has 0 heterocycles. The molecular weight excluding hydrogens is 232 g/mol. The van der Waals surface area contributed by atoms with Gasteiger partial charge in [0.2, 0.25) is 0 Å². The smallest absolute Gasteiger partial charge is 0.140 e. The van der Waals surface area contributed by atoms with Crippen LogP contribution in [0.3, 0.4) is 0 Å². The van der Waals surface area contributed by atoms with Crippen LogP contribution in [-0.4, -0.2) is 5.11 Å². The number of hydrogen-bond acceptors (Lipinski definition) is 1. The Morgan fingerprint density at radius 2 is 1.63 bits per heavy atom. The summed E-state index contributed by atoms with van der Waals surface area (Å²) in [5, 5.41) is 10.0. The molecule has 0 saturated heterocycles. The van der Waals surface area contributed by atoms with Crippen LogP contribution >= 0.6 is 0 Å². The van der Waals surface area contributed by atoms with Crippen molar-refractivity contribution in [1.82, 2.24) is 0 Å². The van der Waals surface area contributed by atoms with Crippen molar-refractivity contribution in [3.63, 3.8) is 0 Å². The lowest BCUT2D eigenvalue weighted by Gasteiger charge is -2.42. The zero-order chi connectivity index (χ0) is 14.3. The summed E-state index contributed by atoms with van der Waals surface area (Å²) < 4.78 is 0. The van der Waals surface area contributed by atoms with E-state index in [1.165, 1.54) is 24.0 Å². The van der Waals surface area contributed by atoms with E-state index in [2.05, 4.69) is 51.7 Å². The van der Waals surface area contributed by atoms with E-state index in [4.69, 9.17) is 0 Å². The zero-order valence-corrected chi connectivity index (χ0v) is 12.7. The summed E-state index contributed by atoms with van der Waals surface area (Å²) >= 11 is 0. The second kappa shape index (κ2) is 4.69. The van der Waals surface area contributed by atoms with Crippen LogP contribution in [0, 0.1) is 11.8 Å². The minimum Gasteiger partial charge on any atom is -0.376 e. The third-order valence-electron chi connectivity index (χ3n) is 4.47. The minimum atomic E-state index is -0.670. The van der Waals surface area contributed by atoms with Gasteiger partial charge < -0.3 is 5.11 Å². The Kier molecular flexibility index (Phi) is 3.49. The summed E-state index contributed by atoms with van der Waals surface area (Å²) in [5.74, 6) is 5.61. The maximum Gasteiger partial charge on any atom is 0.140 e. The molecule has 0 radical (unpaired) electrons. The fraction of sp³-hybridized carbons (Fsp3) is 0.556. The molecule has 0 aromatic heterocycles. The van der Waals surface area contributed by atoms with Gasteiger partial charge in [0.1, 0.15) is 6.10 Å². The van der Waals surface area contributed by atoms with Crippen LogP contribution < -0.4 is 0 Å². The SMILES string of the molecule is CC#CC(O)c1ccc2c(c1)C(C)(C)CCC2(C)C. The van der Waals surface area contributed by atoms with Gasteiger partial charge in [-0.2, -0.15) is 0 Å². The third kappa shape index (κ3) is 2.55. The molecule has 1 aromatic rings. The molecule has 102 valence electrons. The van der Waals surface area contributed by atoms with Gasteiger partial charge in [0.25, 0.3) is 0 Å². The lowest BCUT2D eigenvalue weighted by Crippen LogP contribution is -2.34. The van der Waals surface area contributed by atoms with E-state index in [0.717, 1.165) is 5.56 Å². The molecule has 2 rings (SSSR count). The predicted octanol–water partition coefficient (Wildman–Crippen LogP) is 4.09. The summed E-state index contributed by atoms with van der Waals surface area (Å²) in [6, 6.07) is 6.37. The van der Waals surface area contributed by atoms with E-state index in [0.29, 0.717) is 0 Å². The van der Waals surface area contributed by atoms with E-state index >= 15 is 0 Å². The van der Waals surface area contributed by atoms with Crippen molar-refractivity contribution in [2.45, 2.75) is 64.4 Å². The molecule has 1 aromatic carbocycles. The zero-order valence-electron chi connectivity index (χ0n) is 12.7. The van der Waals surface area contributed by atoms with Gasteiger partial charge in [-0.05, 0) is 47.3 Å². The van der Waals surface area contributed by atoms with E-state index in [1.54, 1.807) is 6.92 Å². The third-order valence-corrected chi connectivity index (χ3v) is 4.47. The average molecular weight is 256 g/mol. The highest BCUT2D eigenvalue weighted by molar-refractivity contribution is 5.45. The minimum absolute atomic E-state index is 0.181. The molecule has 19 heavy (non-hydrogen) atoms. The largest absolute Gasteiger partial charge is 0.376 e. The average Bonchev–Trinajstić information content (AvgIpc) is 2.35. The molecule has 0 amide bonds. The van der Waals surface area contributed by atoms with Crippen molar-refractivity contribution in [2.75, 3.05) is 0 Å². The van der Waals surface area contributed by atoms with Gasteiger partial charge in [0, 0.05) is 0 Å². The lowest BCUT2D eigenvalue weighted by atomic mass is 9.63. The predicted molar refractivity (Wildman–Crippen MR) is 80.1 cm³/mol. The summed E-state index contributed by atoms with van der Waals surface area (Å²) in [7, 11) is 0. The molecule has 1 nitrogen and oxygen atoms in total. The van der Waals surface area contributed by atoms with Gasteiger partial charge >= 0.3 is 0 Å². The first-order chi connectivity index (χ1) is 8.78. The molecule has 1 N–H and O–H groups in total. The van der Waals surface area contributed by atoms with E-state index in [1.807, 2.05) is 6.07 Å². The van der Waals surface area contributed by atoms with Gasteiger partial charge in [0.05, 0.1) is 0 Å². The van der Waals surface area contributed by atoms with Crippen molar-refractivity contribution < 1.29 is 5.11 Å². The van der Waals surface area contributed by atoms with Crippen LogP contribution in [0.15, 0.2) is 18.2 Å². The van der Waals surface area contributed by atoms with Gasteiger partial charge in [0.15, 0.2) is 0 Å². The van der Waals surface area contributed by atoms with E-state index in [9.17, 15) is 5.11 Å². The quantitative estimate of drug-likeness (QED) is 0.750. The standard InChI is InChI=1S/C18H24O/c1-6-7-16(19)13-8-9-14-15(12-13)18(4,5)11-10-17(14,2)3/h8-9,12,16,19H,10-11H2,1-5H3. The summed E-state index contributed by atoms with van der Waals surface area (Å²) in [6.07, 6.45) is 1.73. The van der Waals surface area contributed by atoms with Gasteiger partial charge in [-0.15, -0.1) is 5.92 Å². The number of hydrogen-bond donors (Lipinski definition) is 1. The summed E-state index contributed by atoms with van der Waals surface area (Å²) in [4.78, 5) is 0. The van der Waals surface area contributed by atoms with Crippen LogP contribution in [-0.2, 0) is 10.8 Å². The summed E-state index contributed by atoms with van der Waals surface area (Å²) in [5.41, 5.74) is 4.12. The second-order valence-electron chi connectivity index (χ2n) is 6.87. The number of aliphatic hydroxyl groups is 1. The maximum absolute atomic E-state index is 10.0. The fourth-order valence-electron chi connectivity index (χ4n) is 3.00. The van der Waals surface area contributed by atoms with Crippen molar-refractivity contribution >= 4 is 0 Å². The number of rotatable bonds is 1. The molecular formula is C18H24O. The van der Waals surface area contributed by atoms with Crippen molar-refractivity contribution in [3.8, 4) is 11.8 Å². The molecule has 0 saturated carbocycles. The Labute approximate surface area is 117 Å². The van der Waals surface area contributed by atoms with Crippen LogP contribution in [0.25, 0.3) is 0 Å². The Hall–Kier alpha value is -1.26. The first kappa shape index (κ1) is 14.2. The second-order valence-corrected chi connectivity index (χ2v) is 6.87. The fourth-order valence-corrected chi connectivity index (χ4v) is 3.00. The van der Waals surface area contributed by atoms with Gasteiger partial charge in [-0.1, -0.05) is 51.8 Å². The Bertz CT molecular complexity index is 541. The molecule has 1 atom stereocenters. The number of aliphatic hydroxyl groups excluding tert-OH is 1. The highest BCUT2D eigenvalue weighted by Crippen LogP contribution is 2.46. The molecule has 0 fully saturated rings. The molecule has 0 aliphatic heterocycles. The molecule has 0 bridgehead atoms. The summed E-state index contributed by atoms with van der Waals surface area (Å²) in [6.45, 7) is 11.0. The first-order valence-electron chi connectivity index (χ1n) is 7.03. The van der Waals surface area contributed by atoms with Crippen LogP contribution in [0.2, 0.25) is 0 Å². The highest BCUT2D eigenvalue weighted by atomic mass is 16.3. The van der Waals surface area contributed by atoms with Crippen LogP contribution in [0.5, 0.6) is 0 Å². The van der Waals surface area contributed by atoms with Crippen molar-refractivity contribution in [1.29, 1.82) is 0 Å². The molecule has 0 spiro atoms. The van der Waals surface area contributed by atoms with Crippen LogP contribution in [0.4, 0.5) is 0 Å². The molecule has 1 heteroatoms. The maximum atomic E-state index is 10.0. The van der Waals surface area contributed by atoms with E-state index < -0.39 is 6.10 Å². The molecule has 1 aliphatic rings. The first-order valence-corrected chi connectivity index (χ1v) is 7.03. The Morgan fingerprint density at radius 1 is 1.05 bits per heavy atom. The number of benzene rings is 1. The number of fused-ring (bicyclic) bond motifs is 1. The molecule has 1 aliphatic carbocycles. The van der Waals surface area contributed by atoms with Crippen molar-refractivity contribution in [3.05, 3.63) is 34.9 Å².